The van der Waals surface area contributed by atoms with Crippen LogP contribution in [0, 0.1) is 6.92 Å². The van der Waals surface area contributed by atoms with Crippen molar-refractivity contribution in [1.29, 1.82) is 0 Å². The maximum absolute atomic E-state index is 13.6. The number of fused-ring (bicyclic) bond motifs is 1. The molecule has 3 heterocycles. The normalized spacial score (nSPS) is 19.3. The van der Waals surface area contributed by atoms with E-state index in [9.17, 15) is 22.8 Å². The molecule has 8 nitrogen and oxygen atoms in total. The largest absolute Gasteiger partial charge is 0.416 e. The lowest BCUT2D eigenvalue weighted by Crippen LogP contribution is -2.39. The molecule has 0 bridgehead atoms. The third-order valence-electron chi connectivity index (χ3n) is 6.94. The van der Waals surface area contributed by atoms with Crippen molar-refractivity contribution in [2.75, 3.05) is 26.7 Å². The number of rotatable bonds is 6. The Morgan fingerprint density at radius 1 is 1.26 bits per heavy atom. The van der Waals surface area contributed by atoms with Gasteiger partial charge in [0.05, 0.1) is 35.3 Å². The second-order valence-electron chi connectivity index (χ2n) is 9.84. The van der Waals surface area contributed by atoms with Crippen LogP contribution in [0.3, 0.4) is 0 Å². The van der Waals surface area contributed by atoms with Gasteiger partial charge in [-0.25, -0.2) is 0 Å². The first-order valence-corrected chi connectivity index (χ1v) is 13.2. The number of primary amides is 1. The van der Waals surface area contributed by atoms with Crippen molar-refractivity contribution in [1.82, 2.24) is 19.6 Å². The number of halogens is 3. The Kier molecular flexibility index (Phi) is 7.25. The molecular formula is C27H27F3N6O2S. The third-order valence-corrected chi connectivity index (χ3v) is 8.01. The van der Waals surface area contributed by atoms with Gasteiger partial charge >= 0.3 is 6.18 Å². The number of amidine groups is 1. The molecule has 0 radical (unpaired) electrons. The van der Waals surface area contributed by atoms with Crippen molar-refractivity contribution < 1.29 is 22.8 Å². The zero-order valence-electron chi connectivity index (χ0n) is 21.4. The molecule has 2 N–H and O–H groups in total. The molecule has 2 aromatic carbocycles. The second kappa shape index (κ2) is 10.5. The standard InChI is InChI=1S/C27H27F3N6O2S/c1-16-3-5-18(21(9-16)27(28,29)30)13-36-22-6-4-17(10-19(22)12-32-36)11-23-25(38)33-26(39-23)34(2)20-7-8-35(14-20)15-24(31)37/h3-6,9-12,20H,7-8,13-15H2,1-2H3,(H2,31,37)/b23-11-. The first-order valence-electron chi connectivity index (χ1n) is 12.4. The summed E-state index contributed by atoms with van der Waals surface area (Å²) in [6.07, 6.45) is -0.255. The molecule has 5 rings (SSSR count). The first kappa shape index (κ1) is 26.9. The number of aliphatic imine (C=N–C) groups is 1. The number of hydrogen-bond acceptors (Lipinski definition) is 6. The van der Waals surface area contributed by atoms with E-state index in [1.807, 2.05) is 29.0 Å². The zero-order chi connectivity index (χ0) is 27.9. The van der Waals surface area contributed by atoms with E-state index in [1.165, 1.54) is 17.8 Å². The topological polar surface area (TPSA) is 96.8 Å². The van der Waals surface area contributed by atoms with E-state index in [-0.39, 0.29) is 36.5 Å². The first-order chi connectivity index (χ1) is 18.5. The van der Waals surface area contributed by atoms with E-state index < -0.39 is 11.7 Å². The van der Waals surface area contributed by atoms with E-state index >= 15 is 0 Å². The number of hydrogen-bond donors (Lipinski definition) is 1. The van der Waals surface area contributed by atoms with E-state index in [0.29, 0.717) is 27.7 Å². The van der Waals surface area contributed by atoms with E-state index in [4.69, 9.17) is 5.73 Å². The average molecular weight is 557 g/mol. The molecule has 2 aliphatic heterocycles. The van der Waals surface area contributed by atoms with Gasteiger partial charge in [0.1, 0.15) is 0 Å². The number of benzene rings is 2. The molecule has 204 valence electrons. The summed E-state index contributed by atoms with van der Waals surface area (Å²) >= 11 is 1.29. The summed E-state index contributed by atoms with van der Waals surface area (Å²) in [5.41, 5.74) is 6.78. The summed E-state index contributed by atoms with van der Waals surface area (Å²) in [6.45, 7) is 3.24. The fraction of sp³-hybridized carbons (Fsp3) is 0.333. The molecule has 1 fully saturated rings. The Labute approximate surface area is 227 Å². The Morgan fingerprint density at radius 2 is 2.05 bits per heavy atom. The summed E-state index contributed by atoms with van der Waals surface area (Å²) in [5.74, 6) is -0.696. The molecule has 1 aromatic heterocycles. The van der Waals surface area contributed by atoms with Crippen molar-refractivity contribution in [3.05, 3.63) is 69.8 Å². The van der Waals surface area contributed by atoms with Crippen molar-refractivity contribution in [2.24, 2.45) is 10.7 Å². The molecule has 1 saturated heterocycles. The van der Waals surface area contributed by atoms with Gasteiger partial charge in [-0.05, 0) is 60.5 Å². The average Bonchev–Trinajstić information content (AvgIpc) is 3.58. The lowest BCUT2D eigenvalue weighted by Gasteiger charge is -2.25. The van der Waals surface area contributed by atoms with Crippen LogP contribution in [-0.4, -0.2) is 69.3 Å². The predicted octanol–water partition coefficient (Wildman–Crippen LogP) is 3.87. The number of alkyl halides is 3. The number of likely N-dealkylation sites (tertiary alicyclic amines) is 1. The number of carbonyl (C=O) groups excluding carboxylic acids is 2. The molecule has 1 atom stereocenters. The molecule has 0 spiro atoms. The van der Waals surface area contributed by atoms with Gasteiger partial charge in [0.2, 0.25) is 5.91 Å². The van der Waals surface area contributed by atoms with Crippen LogP contribution >= 0.6 is 11.8 Å². The van der Waals surface area contributed by atoms with Crippen molar-refractivity contribution >= 4 is 45.7 Å². The highest BCUT2D eigenvalue weighted by Crippen LogP contribution is 2.34. The van der Waals surface area contributed by atoms with Gasteiger partial charge in [-0.3, -0.25) is 19.2 Å². The number of aromatic nitrogens is 2. The maximum Gasteiger partial charge on any atom is 0.416 e. The van der Waals surface area contributed by atoms with E-state index in [1.54, 1.807) is 36.0 Å². The summed E-state index contributed by atoms with van der Waals surface area (Å²) < 4.78 is 42.3. The fourth-order valence-corrected chi connectivity index (χ4v) is 5.87. The summed E-state index contributed by atoms with van der Waals surface area (Å²) in [5, 5.41) is 5.67. The van der Waals surface area contributed by atoms with Gasteiger partial charge in [-0.2, -0.15) is 23.3 Å². The van der Waals surface area contributed by atoms with Gasteiger partial charge < -0.3 is 10.6 Å². The number of nitrogens with two attached hydrogens (primary N) is 1. The Hall–Kier alpha value is -3.64. The number of nitrogens with zero attached hydrogens (tertiary/aromatic N) is 5. The van der Waals surface area contributed by atoms with Gasteiger partial charge in [0.15, 0.2) is 5.17 Å². The van der Waals surface area contributed by atoms with Crippen LogP contribution in [0.15, 0.2) is 52.5 Å². The summed E-state index contributed by atoms with van der Waals surface area (Å²) in [4.78, 5) is 32.5. The minimum atomic E-state index is -4.45. The molecule has 0 saturated carbocycles. The Bertz CT molecular complexity index is 1510. The minimum Gasteiger partial charge on any atom is -0.369 e. The molecule has 3 aromatic rings. The zero-order valence-corrected chi connectivity index (χ0v) is 22.2. The van der Waals surface area contributed by atoms with Crippen LogP contribution in [0.2, 0.25) is 0 Å². The lowest BCUT2D eigenvalue weighted by atomic mass is 10.0. The van der Waals surface area contributed by atoms with Crippen LogP contribution in [0.25, 0.3) is 17.0 Å². The lowest BCUT2D eigenvalue weighted by molar-refractivity contribution is -0.138. The van der Waals surface area contributed by atoms with E-state index in [0.717, 1.165) is 30.0 Å². The number of carbonyl (C=O) groups is 2. The smallest absolute Gasteiger partial charge is 0.369 e. The van der Waals surface area contributed by atoms with Crippen molar-refractivity contribution in [3.8, 4) is 0 Å². The van der Waals surface area contributed by atoms with Crippen LogP contribution in [0.1, 0.15) is 28.7 Å². The predicted molar refractivity (Wildman–Crippen MR) is 145 cm³/mol. The summed E-state index contributed by atoms with van der Waals surface area (Å²) in [6, 6.07) is 9.87. The molecule has 0 aliphatic carbocycles. The van der Waals surface area contributed by atoms with Crippen LogP contribution in [0.5, 0.6) is 0 Å². The minimum absolute atomic E-state index is 0.0189. The van der Waals surface area contributed by atoms with Crippen molar-refractivity contribution in [2.45, 2.75) is 32.1 Å². The second-order valence-corrected chi connectivity index (χ2v) is 10.9. The van der Waals surface area contributed by atoms with Crippen LogP contribution in [-0.2, 0) is 22.3 Å². The van der Waals surface area contributed by atoms with Crippen LogP contribution < -0.4 is 5.73 Å². The fourth-order valence-electron chi connectivity index (χ4n) is 4.92. The van der Waals surface area contributed by atoms with Gasteiger partial charge in [0.25, 0.3) is 5.91 Å². The molecule has 39 heavy (non-hydrogen) atoms. The molecule has 2 amide bonds. The highest BCUT2D eigenvalue weighted by molar-refractivity contribution is 8.18. The quantitative estimate of drug-likeness (QED) is 0.463. The highest BCUT2D eigenvalue weighted by atomic mass is 32.2. The number of thioether (sulfide) groups is 1. The molecule has 1 unspecified atom stereocenters. The monoisotopic (exact) mass is 556 g/mol. The van der Waals surface area contributed by atoms with Gasteiger partial charge in [-0.15, -0.1) is 0 Å². The Morgan fingerprint density at radius 3 is 2.79 bits per heavy atom. The van der Waals surface area contributed by atoms with Gasteiger partial charge in [0, 0.05) is 31.6 Å². The van der Waals surface area contributed by atoms with Crippen molar-refractivity contribution in [3.63, 3.8) is 0 Å². The third kappa shape index (κ3) is 5.86. The molecule has 12 heteroatoms. The summed E-state index contributed by atoms with van der Waals surface area (Å²) in [7, 11) is 1.89. The number of likely N-dealkylation sites (N-methyl/N-ethyl adjacent to an activating group) is 1. The number of aryl methyl sites for hydroxylation is 1. The van der Waals surface area contributed by atoms with Crippen LogP contribution in [0.4, 0.5) is 13.2 Å². The van der Waals surface area contributed by atoms with E-state index in [2.05, 4.69) is 10.1 Å². The molecular weight excluding hydrogens is 529 g/mol. The van der Waals surface area contributed by atoms with Gasteiger partial charge in [-0.1, -0.05) is 23.8 Å². The number of amides is 2. The highest BCUT2D eigenvalue weighted by Gasteiger charge is 2.34. The Balaban J connectivity index is 1.30. The molecule has 2 aliphatic rings. The SMILES string of the molecule is Cc1ccc(Cn2ncc3cc(/C=C4\SC(N(C)C5CCN(CC(N)=O)C5)=NC4=O)ccc32)c(C(F)(F)F)c1. The maximum atomic E-state index is 13.6.